The van der Waals surface area contributed by atoms with Crippen LogP contribution in [0.2, 0.25) is 0 Å². The summed E-state index contributed by atoms with van der Waals surface area (Å²) in [4.78, 5) is 36.8. The molecule has 0 saturated heterocycles. The number of amides is 2. The standard InChI is InChI=1S/C20H22N2O3/c1-14-4-6-17(7-5-14)12-21-20(25)13-22(16(3)24)19-10-8-18(9-11-19)15(2)23/h4-11H,12-13H2,1-3H3,(H,21,25). The van der Waals surface area contributed by atoms with Crippen LogP contribution in [0.4, 0.5) is 5.69 Å². The lowest BCUT2D eigenvalue weighted by atomic mass is 10.1. The van der Waals surface area contributed by atoms with E-state index in [0.29, 0.717) is 17.8 Å². The fourth-order valence-electron chi connectivity index (χ4n) is 2.37. The highest BCUT2D eigenvalue weighted by molar-refractivity contribution is 5.98. The van der Waals surface area contributed by atoms with Crippen molar-refractivity contribution in [3.8, 4) is 0 Å². The van der Waals surface area contributed by atoms with E-state index in [0.717, 1.165) is 11.1 Å². The zero-order chi connectivity index (χ0) is 18.4. The molecule has 0 bridgehead atoms. The summed E-state index contributed by atoms with van der Waals surface area (Å²) >= 11 is 0. The lowest BCUT2D eigenvalue weighted by Gasteiger charge is -2.21. The monoisotopic (exact) mass is 338 g/mol. The highest BCUT2D eigenvalue weighted by Crippen LogP contribution is 2.16. The van der Waals surface area contributed by atoms with Crippen LogP contribution in [-0.2, 0) is 16.1 Å². The molecule has 5 nitrogen and oxygen atoms in total. The number of benzene rings is 2. The third-order valence-electron chi connectivity index (χ3n) is 3.88. The normalized spacial score (nSPS) is 10.2. The molecule has 0 unspecified atom stereocenters. The second-order valence-electron chi connectivity index (χ2n) is 5.97. The first-order chi connectivity index (χ1) is 11.9. The van der Waals surface area contributed by atoms with Gasteiger partial charge in [-0.15, -0.1) is 0 Å². The van der Waals surface area contributed by atoms with E-state index >= 15 is 0 Å². The molecule has 2 aromatic carbocycles. The van der Waals surface area contributed by atoms with Crippen LogP contribution in [0.25, 0.3) is 0 Å². The summed E-state index contributed by atoms with van der Waals surface area (Å²) in [6, 6.07) is 14.5. The number of hydrogen-bond acceptors (Lipinski definition) is 3. The summed E-state index contributed by atoms with van der Waals surface area (Å²) in [6.07, 6.45) is 0. The van der Waals surface area contributed by atoms with Crippen molar-refractivity contribution in [1.29, 1.82) is 0 Å². The third kappa shape index (κ3) is 5.28. The van der Waals surface area contributed by atoms with E-state index < -0.39 is 0 Å². The number of carbonyl (C=O) groups excluding carboxylic acids is 3. The number of aryl methyl sites for hydroxylation is 1. The van der Waals surface area contributed by atoms with Gasteiger partial charge in [-0.1, -0.05) is 29.8 Å². The number of hydrogen-bond donors (Lipinski definition) is 1. The van der Waals surface area contributed by atoms with E-state index in [4.69, 9.17) is 0 Å². The molecule has 2 rings (SSSR count). The maximum absolute atomic E-state index is 12.2. The van der Waals surface area contributed by atoms with Crippen molar-refractivity contribution in [2.45, 2.75) is 27.3 Å². The van der Waals surface area contributed by atoms with Gasteiger partial charge in [0.2, 0.25) is 11.8 Å². The highest BCUT2D eigenvalue weighted by atomic mass is 16.2. The maximum atomic E-state index is 12.2. The van der Waals surface area contributed by atoms with Gasteiger partial charge in [0.05, 0.1) is 0 Å². The molecule has 25 heavy (non-hydrogen) atoms. The van der Waals surface area contributed by atoms with Gasteiger partial charge in [-0.05, 0) is 43.7 Å². The van der Waals surface area contributed by atoms with Crippen LogP contribution in [0.1, 0.15) is 35.3 Å². The van der Waals surface area contributed by atoms with Gasteiger partial charge >= 0.3 is 0 Å². The molecule has 1 N–H and O–H groups in total. The SMILES string of the molecule is CC(=O)c1ccc(N(CC(=O)NCc2ccc(C)cc2)C(C)=O)cc1. The molecule has 5 heteroatoms. The van der Waals surface area contributed by atoms with Crippen molar-refractivity contribution in [2.75, 3.05) is 11.4 Å². The average molecular weight is 338 g/mol. The molecule has 0 spiro atoms. The minimum Gasteiger partial charge on any atom is -0.350 e. The molecule has 0 aliphatic heterocycles. The maximum Gasteiger partial charge on any atom is 0.240 e. The summed E-state index contributed by atoms with van der Waals surface area (Å²) < 4.78 is 0. The first-order valence-corrected chi connectivity index (χ1v) is 8.08. The molecule has 2 aromatic rings. The van der Waals surface area contributed by atoms with E-state index in [2.05, 4.69) is 5.32 Å². The summed E-state index contributed by atoms with van der Waals surface area (Å²) in [5, 5.41) is 2.82. The van der Waals surface area contributed by atoms with E-state index in [-0.39, 0.29) is 24.1 Å². The summed E-state index contributed by atoms with van der Waals surface area (Å²) in [6.45, 7) is 5.24. The predicted molar refractivity (Wildman–Crippen MR) is 97.5 cm³/mol. The fourth-order valence-corrected chi connectivity index (χ4v) is 2.37. The Morgan fingerprint density at radius 3 is 2.04 bits per heavy atom. The Balaban J connectivity index is 2.00. The number of ketones is 1. The molecule has 0 aromatic heterocycles. The van der Waals surface area contributed by atoms with Gasteiger partial charge in [0.15, 0.2) is 5.78 Å². The average Bonchev–Trinajstić information content (AvgIpc) is 2.59. The Morgan fingerprint density at radius 1 is 0.920 bits per heavy atom. The van der Waals surface area contributed by atoms with Crippen LogP contribution < -0.4 is 10.2 Å². The number of anilines is 1. The molecule has 0 atom stereocenters. The molecule has 0 saturated carbocycles. The number of Topliss-reactive ketones (excluding diaryl/α,β-unsaturated/α-hetero) is 1. The fraction of sp³-hybridized carbons (Fsp3) is 0.250. The molecule has 0 aliphatic carbocycles. The van der Waals surface area contributed by atoms with E-state index in [1.165, 1.54) is 18.7 Å². The summed E-state index contributed by atoms with van der Waals surface area (Å²) in [5.41, 5.74) is 3.31. The van der Waals surface area contributed by atoms with Crippen molar-refractivity contribution >= 4 is 23.3 Å². The Hall–Kier alpha value is -2.95. The minimum absolute atomic E-state index is 0.0447. The summed E-state index contributed by atoms with van der Waals surface area (Å²) in [5.74, 6) is -0.524. The molecule has 0 aliphatic rings. The van der Waals surface area contributed by atoms with Crippen LogP contribution in [0, 0.1) is 6.92 Å². The van der Waals surface area contributed by atoms with Crippen LogP contribution in [-0.4, -0.2) is 24.1 Å². The van der Waals surface area contributed by atoms with Crippen molar-refractivity contribution in [3.05, 3.63) is 65.2 Å². The lowest BCUT2D eigenvalue weighted by Crippen LogP contribution is -2.39. The first-order valence-electron chi connectivity index (χ1n) is 8.08. The topological polar surface area (TPSA) is 66.5 Å². The molecule has 130 valence electrons. The Kier molecular flexibility index (Phi) is 6.06. The number of rotatable bonds is 6. The largest absolute Gasteiger partial charge is 0.350 e. The lowest BCUT2D eigenvalue weighted by molar-refractivity contribution is -0.123. The van der Waals surface area contributed by atoms with Gasteiger partial charge < -0.3 is 10.2 Å². The van der Waals surface area contributed by atoms with E-state index in [1.54, 1.807) is 24.3 Å². The van der Waals surface area contributed by atoms with Gasteiger partial charge in [-0.2, -0.15) is 0 Å². The Bertz CT molecular complexity index is 765. The third-order valence-corrected chi connectivity index (χ3v) is 3.88. The van der Waals surface area contributed by atoms with Crippen molar-refractivity contribution in [1.82, 2.24) is 5.32 Å². The second kappa shape index (κ2) is 8.24. The molecule has 2 amide bonds. The molecule has 0 radical (unpaired) electrons. The second-order valence-corrected chi connectivity index (χ2v) is 5.97. The number of nitrogens with zero attached hydrogens (tertiary/aromatic N) is 1. The van der Waals surface area contributed by atoms with E-state index in [9.17, 15) is 14.4 Å². The van der Waals surface area contributed by atoms with Crippen molar-refractivity contribution in [2.24, 2.45) is 0 Å². The van der Waals surface area contributed by atoms with Crippen molar-refractivity contribution in [3.63, 3.8) is 0 Å². The Labute approximate surface area is 147 Å². The number of carbonyl (C=O) groups is 3. The van der Waals surface area contributed by atoms with Gasteiger partial charge in [0, 0.05) is 24.7 Å². The smallest absolute Gasteiger partial charge is 0.240 e. The van der Waals surface area contributed by atoms with Crippen LogP contribution >= 0.6 is 0 Å². The van der Waals surface area contributed by atoms with Gasteiger partial charge in [-0.25, -0.2) is 0 Å². The predicted octanol–water partition coefficient (Wildman–Crippen LogP) is 2.87. The van der Waals surface area contributed by atoms with Gasteiger partial charge in [0.25, 0.3) is 0 Å². The van der Waals surface area contributed by atoms with Crippen LogP contribution in [0.3, 0.4) is 0 Å². The molecular weight excluding hydrogens is 316 g/mol. The minimum atomic E-state index is -0.244. The quantitative estimate of drug-likeness (QED) is 0.824. The van der Waals surface area contributed by atoms with Crippen molar-refractivity contribution < 1.29 is 14.4 Å². The Morgan fingerprint density at radius 2 is 1.52 bits per heavy atom. The molecular formula is C20H22N2O3. The molecule has 0 heterocycles. The van der Waals surface area contributed by atoms with Gasteiger partial charge in [0.1, 0.15) is 6.54 Å². The zero-order valence-corrected chi connectivity index (χ0v) is 14.7. The van der Waals surface area contributed by atoms with Crippen LogP contribution in [0.15, 0.2) is 48.5 Å². The summed E-state index contributed by atoms with van der Waals surface area (Å²) in [7, 11) is 0. The zero-order valence-electron chi connectivity index (χ0n) is 14.7. The number of nitrogens with one attached hydrogen (secondary N) is 1. The van der Waals surface area contributed by atoms with Crippen LogP contribution in [0.5, 0.6) is 0 Å². The first kappa shape index (κ1) is 18.4. The highest BCUT2D eigenvalue weighted by Gasteiger charge is 2.16. The van der Waals surface area contributed by atoms with E-state index in [1.807, 2.05) is 31.2 Å². The molecule has 0 fully saturated rings. The van der Waals surface area contributed by atoms with Gasteiger partial charge in [-0.3, -0.25) is 14.4 Å².